The molecule has 0 bridgehead atoms. The van der Waals surface area contributed by atoms with E-state index in [4.69, 9.17) is 17.7 Å². The third-order valence-electron chi connectivity index (χ3n) is 2.93. The maximum atomic E-state index is 11.9. The van der Waals surface area contributed by atoms with Gasteiger partial charge in [0.15, 0.2) is 0 Å². The number of hydrogen-bond donors (Lipinski definition) is 2. The van der Waals surface area contributed by atoms with Crippen LogP contribution in [0, 0.1) is 6.92 Å². The van der Waals surface area contributed by atoms with E-state index in [2.05, 4.69) is 4.98 Å². The molecule has 1 aromatic rings. The lowest BCUT2D eigenvalue weighted by molar-refractivity contribution is -0.141. The van der Waals surface area contributed by atoms with Gasteiger partial charge in [0, 0.05) is 12.3 Å². The Bertz CT molecular complexity index is 445. The molecule has 8 heteroatoms. The molecule has 0 spiro atoms. The number of nitrogens with zero attached hydrogens (tertiary/aromatic N) is 1. The van der Waals surface area contributed by atoms with E-state index in [0.29, 0.717) is 18.7 Å². The number of pyridine rings is 1. The normalized spacial score (nSPS) is 25.9. The highest BCUT2D eigenvalue weighted by atomic mass is 19.4. The highest BCUT2D eigenvalue weighted by Crippen LogP contribution is 2.27. The highest BCUT2D eigenvalue weighted by Gasteiger charge is 2.32. The molecule has 1 aromatic heterocycles. The van der Waals surface area contributed by atoms with E-state index in [-0.39, 0.29) is 12.4 Å². The van der Waals surface area contributed by atoms with Gasteiger partial charge in [-0.3, -0.25) is 0 Å². The van der Waals surface area contributed by atoms with Crippen molar-refractivity contribution in [2.24, 2.45) is 0 Å². The van der Waals surface area contributed by atoms with Crippen molar-refractivity contribution < 1.29 is 28.1 Å². The first kappa shape index (κ1) is 17.9. The topological polar surface area (TPSA) is 62.6 Å². The molecule has 1 aliphatic rings. The second-order valence-corrected chi connectivity index (χ2v) is 4.65. The van der Waals surface area contributed by atoms with Crippen molar-refractivity contribution in [1.82, 2.24) is 4.98 Å². The zero-order valence-electron chi connectivity index (χ0n) is 11.5. The Hall–Kier alpha value is -1.12. The Morgan fingerprint density at radius 3 is 2.48 bits per heavy atom. The fourth-order valence-electron chi connectivity index (χ4n) is 1.77. The Balaban J connectivity index is 0.000000211. The summed E-state index contributed by atoms with van der Waals surface area (Å²) in [5.41, 5.74) is -0.461. The van der Waals surface area contributed by atoms with Crippen LogP contribution in [0.5, 0.6) is 0 Å². The van der Waals surface area contributed by atoms with E-state index in [9.17, 15) is 18.3 Å². The summed E-state index contributed by atoms with van der Waals surface area (Å²) in [5, 5.41) is 18.3. The summed E-state index contributed by atoms with van der Waals surface area (Å²) in [6.45, 7) is 2.01. The van der Waals surface area contributed by atoms with Gasteiger partial charge in [0.05, 0.1) is 20.1 Å². The number of hydrogen-bond acceptors (Lipinski definition) is 4. The monoisotopic (exact) mass is 303 g/mol. The number of aryl methyl sites for hydroxylation is 1. The first-order valence-electron chi connectivity index (χ1n) is 6.44. The fourth-order valence-corrected chi connectivity index (χ4v) is 1.77. The predicted molar refractivity (Wildman–Crippen MR) is 70.9 cm³/mol. The molecule has 0 aliphatic carbocycles. The molecule has 1 saturated heterocycles. The molecular weight excluding hydrogens is 286 g/mol. The lowest BCUT2D eigenvalue weighted by atomic mass is 9.91. The van der Waals surface area contributed by atoms with Crippen molar-refractivity contribution in [3.8, 4) is 0 Å². The van der Waals surface area contributed by atoms with Gasteiger partial charge in [0.25, 0.3) is 0 Å². The molecule has 1 aliphatic heterocycles. The third kappa shape index (κ3) is 5.64. The SMILES string of the molecule is Cc1cccc(C(F)(F)F)n1.[B]CC1OCCC(O)C1O. The molecule has 116 valence electrons. The van der Waals surface area contributed by atoms with Crippen LogP contribution in [-0.2, 0) is 10.9 Å². The summed E-state index contributed by atoms with van der Waals surface area (Å²) < 4.78 is 40.8. The molecule has 2 rings (SSSR count). The van der Waals surface area contributed by atoms with E-state index < -0.39 is 24.1 Å². The van der Waals surface area contributed by atoms with Crippen LogP contribution in [-0.4, -0.2) is 48.0 Å². The van der Waals surface area contributed by atoms with Crippen LogP contribution >= 0.6 is 0 Å². The average Bonchev–Trinajstić information content (AvgIpc) is 2.42. The lowest BCUT2D eigenvalue weighted by Gasteiger charge is -2.31. The maximum absolute atomic E-state index is 11.9. The number of alkyl halides is 3. The van der Waals surface area contributed by atoms with Crippen LogP contribution in [0.3, 0.4) is 0 Å². The van der Waals surface area contributed by atoms with E-state index in [1.54, 1.807) is 0 Å². The van der Waals surface area contributed by atoms with Crippen LogP contribution < -0.4 is 0 Å². The second-order valence-electron chi connectivity index (χ2n) is 4.65. The number of rotatable bonds is 1. The van der Waals surface area contributed by atoms with Gasteiger partial charge in [-0.15, -0.1) is 0 Å². The fraction of sp³-hybridized carbons (Fsp3) is 0.615. The number of aliphatic hydroxyl groups is 2. The maximum Gasteiger partial charge on any atom is 0.433 e. The van der Waals surface area contributed by atoms with E-state index in [0.717, 1.165) is 6.07 Å². The number of ether oxygens (including phenoxy) is 1. The first-order valence-corrected chi connectivity index (χ1v) is 6.44. The lowest BCUT2D eigenvalue weighted by Crippen LogP contribution is -2.44. The minimum atomic E-state index is -4.33. The summed E-state index contributed by atoms with van der Waals surface area (Å²) in [7, 11) is 5.26. The van der Waals surface area contributed by atoms with Crippen LogP contribution in [0.1, 0.15) is 17.8 Å². The van der Waals surface area contributed by atoms with Crippen molar-refractivity contribution >= 4 is 7.85 Å². The number of halogens is 3. The van der Waals surface area contributed by atoms with Gasteiger partial charge in [-0.05, 0) is 25.5 Å². The Kier molecular flexibility index (Phi) is 6.63. The van der Waals surface area contributed by atoms with Gasteiger partial charge >= 0.3 is 6.18 Å². The van der Waals surface area contributed by atoms with Crippen molar-refractivity contribution in [1.29, 1.82) is 0 Å². The molecule has 2 heterocycles. The van der Waals surface area contributed by atoms with E-state index >= 15 is 0 Å². The van der Waals surface area contributed by atoms with E-state index in [1.165, 1.54) is 19.1 Å². The zero-order chi connectivity index (χ0) is 16.0. The smallest absolute Gasteiger partial charge is 0.390 e. The summed E-state index contributed by atoms with van der Waals surface area (Å²) in [6.07, 6.45) is -5.42. The van der Waals surface area contributed by atoms with Crippen molar-refractivity contribution in [2.45, 2.75) is 44.2 Å². The van der Waals surface area contributed by atoms with Crippen molar-refractivity contribution in [3.63, 3.8) is 0 Å². The van der Waals surface area contributed by atoms with Crippen LogP contribution in [0.15, 0.2) is 18.2 Å². The zero-order valence-corrected chi connectivity index (χ0v) is 11.5. The predicted octanol–water partition coefficient (Wildman–Crippen LogP) is 1.49. The van der Waals surface area contributed by atoms with Gasteiger partial charge in [0.1, 0.15) is 11.8 Å². The summed E-state index contributed by atoms with van der Waals surface area (Å²) in [4.78, 5) is 3.32. The van der Waals surface area contributed by atoms with Gasteiger partial charge in [-0.1, -0.05) is 12.4 Å². The quantitative estimate of drug-likeness (QED) is 0.772. The Morgan fingerprint density at radius 2 is 2.05 bits per heavy atom. The second kappa shape index (κ2) is 7.77. The highest BCUT2D eigenvalue weighted by molar-refractivity contribution is 6.08. The molecule has 2 radical (unpaired) electrons. The molecule has 0 aromatic carbocycles. The number of aromatic nitrogens is 1. The largest absolute Gasteiger partial charge is 0.433 e. The molecule has 0 saturated carbocycles. The molecule has 2 N–H and O–H groups in total. The number of aliphatic hydroxyl groups excluding tert-OH is 2. The molecule has 3 atom stereocenters. The summed E-state index contributed by atoms with van der Waals surface area (Å²) in [6, 6.07) is 3.81. The molecule has 0 amide bonds. The third-order valence-corrected chi connectivity index (χ3v) is 2.93. The van der Waals surface area contributed by atoms with Gasteiger partial charge < -0.3 is 14.9 Å². The Labute approximate surface area is 122 Å². The van der Waals surface area contributed by atoms with Gasteiger partial charge in [0.2, 0.25) is 0 Å². The van der Waals surface area contributed by atoms with Crippen LogP contribution in [0.25, 0.3) is 0 Å². The standard InChI is InChI=1S/C7H6F3N.C6H11BO3/c1-5-3-2-4-6(11-5)7(8,9)10;7-3-5-6(9)4(8)1-2-10-5/h2-4H,1H3;4-6,8-9H,1-3H2. The summed E-state index contributed by atoms with van der Waals surface area (Å²) >= 11 is 0. The average molecular weight is 303 g/mol. The molecule has 21 heavy (non-hydrogen) atoms. The molecular formula is C13H17BF3NO3. The molecule has 4 nitrogen and oxygen atoms in total. The van der Waals surface area contributed by atoms with Crippen LogP contribution in [0.4, 0.5) is 13.2 Å². The minimum Gasteiger partial charge on any atom is -0.390 e. The summed E-state index contributed by atoms with van der Waals surface area (Å²) in [5.74, 6) is 0. The van der Waals surface area contributed by atoms with E-state index in [1.807, 2.05) is 0 Å². The van der Waals surface area contributed by atoms with Gasteiger partial charge in [-0.25, -0.2) is 4.98 Å². The first-order chi connectivity index (χ1) is 9.75. The van der Waals surface area contributed by atoms with Crippen molar-refractivity contribution in [2.75, 3.05) is 6.61 Å². The minimum absolute atomic E-state index is 0.262. The van der Waals surface area contributed by atoms with Gasteiger partial charge in [-0.2, -0.15) is 13.2 Å². The van der Waals surface area contributed by atoms with Crippen LogP contribution in [0.2, 0.25) is 6.32 Å². The molecule has 3 unspecified atom stereocenters. The molecule has 1 fully saturated rings. The Morgan fingerprint density at radius 1 is 1.38 bits per heavy atom. The van der Waals surface area contributed by atoms with Crippen molar-refractivity contribution in [3.05, 3.63) is 29.6 Å².